The van der Waals surface area contributed by atoms with Gasteiger partial charge in [0, 0.05) is 42.4 Å². The summed E-state index contributed by atoms with van der Waals surface area (Å²) in [6.07, 6.45) is 1.40. The predicted octanol–water partition coefficient (Wildman–Crippen LogP) is 4.90. The molecule has 0 radical (unpaired) electrons. The minimum atomic E-state index is -1.05. The molecule has 7 heteroatoms. The molecule has 1 amide bonds. The zero-order valence-corrected chi connectivity index (χ0v) is 22.2. The minimum absolute atomic E-state index is 0.0329. The van der Waals surface area contributed by atoms with Crippen molar-refractivity contribution in [1.82, 2.24) is 10.3 Å². The summed E-state index contributed by atoms with van der Waals surface area (Å²) in [6.45, 7) is 2.74. The summed E-state index contributed by atoms with van der Waals surface area (Å²) in [6, 6.07) is 22.2. The molecule has 2 unspecified atom stereocenters. The van der Waals surface area contributed by atoms with E-state index in [4.69, 9.17) is 5.73 Å². The van der Waals surface area contributed by atoms with Crippen LogP contribution in [0.4, 0.5) is 8.78 Å². The number of benzene rings is 3. The Bertz CT molecular complexity index is 1510. The van der Waals surface area contributed by atoms with Gasteiger partial charge < -0.3 is 16.2 Å². The van der Waals surface area contributed by atoms with Crippen molar-refractivity contribution in [2.45, 2.75) is 38.3 Å². The van der Waals surface area contributed by atoms with Crippen molar-refractivity contribution in [2.24, 2.45) is 5.73 Å². The maximum Gasteiger partial charge on any atom is 0.250 e. The molecule has 204 valence electrons. The van der Waals surface area contributed by atoms with E-state index in [9.17, 15) is 18.7 Å². The van der Waals surface area contributed by atoms with Crippen LogP contribution >= 0.6 is 0 Å². The topological polar surface area (TPSA) is 88.2 Å². The first-order chi connectivity index (χ1) is 19.3. The Balaban J connectivity index is 1.63. The predicted molar refractivity (Wildman–Crippen MR) is 152 cm³/mol. The van der Waals surface area contributed by atoms with Gasteiger partial charge in [-0.15, -0.1) is 0 Å². The minimum Gasteiger partial charge on any atom is -0.391 e. The molecule has 4 N–H and O–H groups in total. The van der Waals surface area contributed by atoms with Crippen LogP contribution in [0.1, 0.15) is 56.7 Å². The number of aliphatic hydroxyl groups is 1. The lowest BCUT2D eigenvalue weighted by Crippen LogP contribution is -2.34. The average molecular weight is 540 g/mol. The van der Waals surface area contributed by atoms with Gasteiger partial charge in [0.15, 0.2) is 0 Å². The number of aliphatic hydroxyl groups excluding tert-OH is 1. The number of primary amides is 1. The second-order valence-electron chi connectivity index (χ2n) is 9.60. The van der Waals surface area contributed by atoms with Crippen molar-refractivity contribution in [3.05, 3.63) is 136 Å². The maximum atomic E-state index is 14.0. The van der Waals surface area contributed by atoms with E-state index in [-0.39, 0.29) is 24.2 Å². The molecular formula is C33H31F2N3O2. The van der Waals surface area contributed by atoms with Crippen LogP contribution in [0.3, 0.4) is 0 Å². The number of halogens is 2. The Labute approximate surface area is 233 Å². The summed E-state index contributed by atoms with van der Waals surface area (Å²) in [5.41, 5.74) is 9.92. The van der Waals surface area contributed by atoms with E-state index >= 15 is 0 Å². The number of hydrogen-bond acceptors (Lipinski definition) is 4. The van der Waals surface area contributed by atoms with E-state index in [0.717, 1.165) is 23.6 Å². The third-order valence-electron chi connectivity index (χ3n) is 6.58. The Morgan fingerprint density at radius 3 is 2.33 bits per heavy atom. The van der Waals surface area contributed by atoms with E-state index in [1.807, 2.05) is 42.5 Å². The Kier molecular flexibility index (Phi) is 9.74. The second-order valence-corrected chi connectivity index (χ2v) is 9.60. The van der Waals surface area contributed by atoms with Gasteiger partial charge in [-0.05, 0) is 59.9 Å². The van der Waals surface area contributed by atoms with E-state index < -0.39 is 29.6 Å². The number of nitrogens with one attached hydrogen (secondary N) is 1. The summed E-state index contributed by atoms with van der Waals surface area (Å²) in [4.78, 5) is 17.0. The van der Waals surface area contributed by atoms with Gasteiger partial charge in [-0.25, -0.2) is 8.78 Å². The number of rotatable bonds is 10. The summed E-state index contributed by atoms with van der Waals surface area (Å²) >= 11 is 0. The van der Waals surface area contributed by atoms with Crippen LogP contribution in [0.5, 0.6) is 0 Å². The van der Waals surface area contributed by atoms with Crippen molar-refractivity contribution < 1.29 is 18.7 Å². The average Bonchev–Trinajstić information content (AvgIpc) is 2.95. The van der Waals surface area contributed by atoms with Gasteiger partial charge in [0.2, 0.25) is 0 Å². The number of pyridine rings is 1. The fraction of sp³-hybridized carbons (Fsp3) is 0.212. The summed E-state index contributed by atoms with van der Waals surface area (Å²) in [5.74, 6) is 3.02. The number of carbonyl (C=O) groups excluding carboxylic acids is 1. The molecule has 4 rings (SSSR count). The molecule has 40 heavy (non-hydrogen) atoms. The number of nitrogens with two attached hydrogens (primary N) is 1. The van der Waals surface area contributed by atoms with Gasteiger partial charge in [0.05, 0.1) is 17.4 Å². The second kappa shape index (κ2) is 13.6. The van der Waals surface area contributed by atoms with Gasteiger partial charge in [0.25, 0.3) is 5.91 Å². The Hall–Kier alpha value is -4.38. The highest BCUT2D eigenvalue weighted by Crippen LogP contribution is 2.27. The Morgan fingerprint density at radius 2 is 1.62 bits per heavy atom. The fourth-order valence-corrected chi connectivity index (χ4v) is 4.57. The first kappa shape index (κ1) is 28.6. The van der Waals surface area contributed by atoms with E-state index in [1.54, 1.807) is 0 Å². The SMILES string of the molecule is CCc1cccc(CNCC(O)C(Cc2cc(F)cc(F)c2)c2ncc(C#Cc3ccccc3)cc2C(N)=O)c1. The number of hydrogen-bond donors (Lipinski definition) is 3. The molecule has 0 aliphatic carbocycles. The number of amides is 1. The highest BCUT2D eigenvalue weighted by atomic mass is 19.1. The monoisotopic (exact) mass is 539 g/mol. The lowest BCUT2D eigenvalue weighted by atomic mass is 9.87. The third kappa shape index (κ3) is 7.82. The third-order valence-corrected chi connectivity index (χ3v) is 6.58. The first-order valence-corrected chi connectivity index (χ1v) is 13.1. The van der Waals surface area contributed by atoms with Crippen molar-refractivity contribution in [3.63, 3.8) is 0 Å². The number of carbonyl (C=O) groups is 1. The maximum absolute atomic E-state index is 14.0. The molecule has 0 bridgehead atoms. The van der Waals surface area contributed by atoms with Gasteiger partial charge in [-0.1, -0.05) is 61.2 Å². The molecule has 1 heterocycles. The van der Waals surface area contributed by atoms with Gasteiger partial charge in [-0.2, -0.15) is 0 Å². The summed E-state index contributed by atoms with van der Waals surface area (Å²) in [7, 11) is 0. The zero-order valence-electron chi connectivity index (χ0n) is 22.2. The van der Waals surface area contributed by atoms with Gasteiger partial charge in [0.1, 0.15) is 11.6 Å². The van der Waals surface area contributed by atoms with Crippen LogP contribution in [0, 0.1) is 23.5 Å². The van der Waals surface area contributed by atoms with Crippen molar-refractivity contribution in [2.75, 3.05) is 6.54 Å². The van der Waals surface area contributed by atoms with Crippen LogP contribution < -0.4 is 11.1 Å². The van der Waals surface area contributed by atoms with Crippen molar-refractivity contribution >= 4 is 5.91 Å². The lowest BCUT2D eigenvalue weighted by Gasteiger charge is -2.25. The molecule has 3 aromatic carbocycles. The smallest absolute Gasteiger partial charge is 0.250 e. The molecule has 2 atom stereocenters. The largest absolute Gasteiger partial charge is 0.391 e. The molecule has 0 spiro atoms. The van der Waals surface area contributed by atoms with E-state index in [1.165, 1.54) is 30.0 Å². The van der Waals surface area contributed by atoms with Crippen LogP contribution in [-0.4, -0.2) is 28.6 Å². The van der Waals surface area contributed by atoms with Crippen molar-refractivity contribution in [1.29, 1.82) is 0 Å². The molecule has 0 fully saturated rings. The van der Waals surface area contributed by atoms with E-state index in [2.05, 4.69) is 41.2 Å². The molecule has 1 aromatic heterocycles. The lowest BCUT2D eigenvalue weighted by molar-refractivity contribution is 0.0994. The van der Waals surface area contributed by atoms with Crippen LogP contribution in [-0.2, 0) is 19.4 Å². The molecule has 0 aliphatic heterocycles. The molecule has 5 nitrogen and oxygen atoms in total. The van der Waals surface area contributed by atoms with Gasteiger partial charge in [-0.3, -0.25) is 9.78 Å². The standard InChI is InChI=1S/C33H31F2N3O2/c1-2-22-9-6-10-24(13-22)19-37-21-31(39)29(17-26-14-27(34)18-28(35)15-26)32-30(33(36)40)16-25(20-38-32)12-11-23-7-4-3-5-8-23/h3-10,13-16,18,20,29,31,37,39H,2,17,19,21H2,1H3,(H2,36,40). The number of aryl methyl sites for hydroxylation is 1. The van der Waals surface area contributed by atoms with Crippen molar-refractivity contribution in [3.8, 4) is 11.8 Å². The van der Waals surface area contributed by atoms with Crippen LogP contribution in [0.2, 0.25) is 0 Å². The zero-order chi connectivity index (χ0) is 28.5. The molecule has 4 aromatic rings. The summed E-state index contributed by atoms with van der Waals surface area (Å²) < 4.78 is 28.0. The van der Waals surface area contributed by atoms with Gasteiger partial charge >= 0.3 is 0 Å². The molecular weight excluding hydrogens is 508 g/mol. The van der Waals surface area contributed by atoms with E-state index in [0.29, 0.717) is 17.7 Å². The molecule has 0 aliphatic rings. The number of aromatic nitrogens is 1. The van der Waals surface area contributed by atoms with Crippen LogP contribution in [0.25, 0.3) is 0 Å². The summed E-state index contributed by atoms with van der Waals surface area (Å²) in [5, 5.41) is 14.5. The quantitative estimate of drug-likeness (QED) is 0.250. The highest BCUT2D eigenvalue weighted by molar-refractivity contribution is 5.94. The molecule has 0 saturated carbocycles. The van der Waals surface area contributed by atoms with Crippen LogP contribution in [0.15, 0.2) is 85.1 Å². The first-order valence-electron chi connectivity index (χ1n) is 13.1. The molecule has 0 saturated heterocycles. The normalized spacial score (nSPS) is 12.3. The fourth-order valence-electron chi connectivity index (χ4n) is 4.57. The number of nitrogens with zero attached hydrogens (tertiary/aromatic N) is 1. The highest BCUT2D eigenvalue weighted by Gasteiger charge is 2.27. The Morgan fingerprint density at radius 1 is 0.925 bits per heavy atom.